The van der Waals surface area contributed by atoms with Crippen LogP contribution in [0, 0.1) is 0 Å². The minimum Gasteiger partial charge on any atom is -0.505 e. The Hall–Kier alpha value is -3.89. The zero-order chi connectivity index (χ0) is 42.6. The number of benzene rings is 3. The van der Waals surface area contributed by atoms with Crippen LogP contribution >= 0.6 is 28.5 Å². The van der Waals surface area contributed by atoms with E-state index < -0.39 is 37.8 Å². The summed E-state index contributed by atoms with van der Waals surface area (Å²) in [6.07, 6.45) is 5.65. The molecule has 2 atom stereocenters. The monoisotopic (exact) mass is 947 g/mol. The van der Waals surface area contributed by atoms with Gasteiger partial charge in [-0.25, -0.2) is 23.2 Å². The number of para-hydroxylation sites is 1. The van der Waals surface area contributed by atoms with Gasteiger partial charge in [-0.3, -0.25) is 4.79 Å². The first kappa shape index (κ1) is 46.8. The van der Waals surface area contributed by atoms with Gasteiger partial charge in [0.05, 0.1) is 45.9 Å². The SMILES string of the molecule is CC(C)(C)OC(=O)NCc1cccc(NC(=O)c2nc(-c3ccc(S(=O)(=O)C(C)(C)CC(C)(CCCCCCOCc4ccccc4)OPI)cc3)cnc2N)c1O. The van der Waals surface area contributed by atoms with Crippen molar-refractivity contribution in [2.45, 2.75) is 114 Å². The number of hydrogen-bond donors (Lipinski definition) is 4. The lowest BCUT2D eigenvalue weighted by molar-refractivity contribution is 0.0523. The van der Waals surface area contributed by atoms with Crippen LogP contribution in [0.4, 0.5) is 16.3 Å². The number of carbonyl (C=O) groups excluding carboxylic acids is 2. The van der Waals surface area contributed by atoms with Crippen molar-refractivity contribution >= 4 is 61.8 Å². The summed E-state index contributed by atoms with van der Waals surface area (Å²) in [6.45, 7) is 12.1. The van der Waals surface area contributed by atoms with E-state index in [1.54, 1.807) is 58.9 Å². The maximum atomic E-state index is 14.1. The molecule has 0 saturated carbocycles. The summed E-state index contributed by atoms with van der Waals surface area (Å²) >= 11 is 2.19. The molecule has 2 amide bonds. The minimum atomic E-state index is -3.82. The lowest BCUT2D eigenvalue weighted by Crippen LogP contribution is -2.41. The van der Waals surface area contributed by atoms with Crippen molar-refractivity contribution in [3.8, 4) is 17.0 Å². The summed E-state index contributed by atoms with van der Waals surface area (Å²) in [7, 11) is -3.82. The number of hydrogen-bond acceptors (Lipinski definition) is 11. The Morgan fingerprint density at radius 3 is 2.28 bits per heavy atom. The van der Waals surface area contributed by atoms with Crippen LogP contribution < -0.4 is 16.4 Å². The van der Waals surface area contributed by atoms with Gasteiger partial charge in [0.1, 0.15) is 11.4 Å². The number of sulfone groups is 1. The van der Waals surface area contributed by atoms with Gasteiger partial charge in [-0.1, -0.05) is 73.9 Å². The number of phenols is 1. The summed E-state index contributed by atoms with van der Waals surface area (Å²) in [5, 5.41) is 16.0. The Kier molecular flexibility index (Phi) is 16.8. The van der Waals surface area contributed by atoms with Crippen LogP contribution in [0.15, 0.2) is 83.9 Å². The molecule has 4 aromatic rings. The van der Waals surface area contributed by atoms with E-state index >= 15 is 0 Å². The standard InChI is InChI=1S/C42H55IN5O8PS/c1-40(2,3)55-39(51)46-25-31-17-14-18-33(36(31)49)48-38(50)35-37(44)45-26-34(47-35)30-19-21-32(22-20-30)58(52,53)41(4,5)28-42(6,56-57-43)23-12-7-8-13-24-54-27-29-15-10-9-11-16-29/h9-11,14-22,26,49,57H,7-8,12-13,23-25,27-28H2,1-6H3,(H2,44,45)(H,46,51)(H,48,50). The van der Waals surface area contributed by atoms with Gasteiger partial charge in [-0.15, -0.1) is 0 Å². The third-order valence-corrected chi connectivity index (χ3v) is 13.1. The van der Waals surface area contributed by atoms with Crippen LogP contribution in [0.25, 0.3) is 11.3 Å². The number of nitrogen functional groups attached to an aromatic ring is 1. The highest BCUT2D eigenvalue weighted by Gasteiger charge is 2.42. The Morgan fingerprint density at radius 1 is 0.914 bits per heavy atom. The smallest absolute Gasteiger partial charge is 0.407 e. The first-order valence-corrected chi connectivity index (χ1v) is 24.6. The van der Waals surface area contributed by atoms with E-state index in [2.05, 4.69) is 54.8 Å². The average molecular weight is 948 g/mol. The summed E-state index contributed by atoms with van der Waals surface area (Å²) in [6, 6.07) is 21.1. The Bertz CT molecular complexity index is 2100. The van der Waals surface area contributed by atoms with Crippen molar-refractivity contribution < 1.29 is 37.1 Å². The summed E-state index contributed by atoms with van der Waals surface area (Å²) in [5.41, 5.74) is 6.89. The highest BCUT2D eigenvalue weighted by atomic mass is 127. The number of phenolic OH excluding ortho intramolecular Hbond substituents is 1. The first-order chi connectivity index (χ1) is 27.3. The van der Waals surface area contributed by atoms with E-state index in [0.717, 1.165) is 37.7 Å². The predicted octanol–water partition coefficient (Wildman–Crippen LogP) is 9.54. The molecule has 13 nitrogen and oxygen atoms in total. The number of aromatic nitrogens is 2. The van der Waals surface area contributed by atoms with Crippen LogP contribution in [0.3, 0.4) is 0 Å². The molecule has 0 aliphatic rings. The van der Waals surface area contributed by atoms with Gasteiger partial charge in [0.25, 0.3) is 5.91 Å². The van der Waals surface area contributed by atoms with E-state index in [4.69, 9.17) is 19.7 Å². The minimum absolute atomic E-state index is 0.0520. The lowest BCUT2D eigenvalue weighted by Gasteiger charge is -2.36. The van der Waals surface area contributed by atoms with Gasteiger partial charge in [0, 0.05) is 24.3 Å². The number of nitrogens with one attached hydrogen (secondary N) is 2. The van der Waals surface area contributed by atoms with Crippen LogP contribution in [-0.4, -0.2) is 58.0 Å². The van der Waals surface area contributed by atoms with Gasteiger partial charge in [-0.2, -0.15) is 0 Å². The highest BCUT2D eigenvalue weighted by molar-refractivity contribution is 14.2. The Labute approximate surface area is 356 Å². The number of alkyl carbamates (subject to hydrolysis) is 1. The second kappa shape index (κ2) is 20.9. The number of unbranched alkanes of at least 4 members (excludes halogenated alkanes) is 3. The van der Waals surface area contributed by atoms with Crippen molar-refractivity contribution in [1.82, 2.24) is 15.3 Å². The number of carbonyl (C=O) groups is 2. The maximum absolute atomic E-state index is 14.1. The second-order valence-electron chi connectivity index (χ2n) is 15.9. The summed E-state index contributed by atoms with van der Waals surface area (Å²) in [5.74, 6) is -1.13. The third kappa shape index (κ3) is 13.6. The molecule has 3 aromatic carbocycles. The van der Waals surface area contributed by atoms with Crippen molar-refractivity contribution in [3.05, 3.63) is 95.8 Å². The summed E-state index contributed by atoms with van der Waals surface area (Å²) < 4.78 is 44.3. The van der Waals surface area contributed by atoms with E-state index in [1.807, 2.05) is 25.1 Å². The number of nitrogens with zero attached hydrogens (tertiary/aromatic N) is 2. The number of anilines is 2. The van der Waals surface area contributed by atoms with Crippen LogP contribution in [0.1, 0.15) is 102 Å². The highest BCUT2D eigenvalue weighted by Crippen LogP contribution is 2.42. The van der Waals surface area contributed by atoms with Crippen molar-refractivity contribution in [3.63, 3.8) is 0 Å². The van der Waals surface area contributed by atoms with Gasteiger partial charge >= 0.3 is 6.09 Å². The quantitative estimate of drug-likeness (QED) is 0.0286. The first-order valence-electron chi connectivity index (χ1n) is 19.1. The molecular formula is C42H55IN5O8PS. The van der Waals surface area contributed by atoms with Crippen LogP contribution in [0.2, 0.25) is 0 Å². The number of rotatable bonds is 20. The fourth-order valence-corrected chi connectivity index (χ4v) is 9.99. The molecule has 1 heterocycles. The lowest BCUT2D eigenvalue weighted by atomic mass is 9.88. The van der Waals surface area contributed by atoms with Crippen LogP contribution in [-0.2, 0) is 37.0 Å². The van der Waals surface area contributed by atoms with Gasteiger partial charge < -0.3 is 35.5 Å². The van der Waals surface area contributed by atoms with E-state index in [0.29, 0.717) is 30.8 Å². The fourth-order valence-electron chi connectivity index (χ4n) is 6.41. The van der Waals surface area contributed by atoms with Crippen molar-refractivity contribution in [2.75, 3.05) is 17.7 Å². The molecule has 0 aliphatic carbocycles. The molecule has 0 aliphatic heterocycles. The second-order valence-corrected chi connectivity index (χ2v) is 20.2. The molecule has 0 bridgehead atoms. The topological polar surface area (TPSA) is 192 Å². The molecular weight excluding hydrogens is 892 g/mol. The molecule has 0 spiro atoms. The zero-order valence-electron chi connectivity index (χ0n) is 33.9. The number of halogens is 1. The summed E-state index contributed by atoms with van der Waals surface area (Å²) in [4.78, 5) is 34.2. The molecule has 0 radical (unpaired) electrons. The molecule has 314 valence electrons. The van der Waals surface area contributed by atoms with Crippen molar-refractivity contribution in [1.29, 1.82) is 0 Å². The molecule has 58 heavy (non-hydrogen) atoms. The van der Waals surface area contributed by atoms with Gasteiger partial charge in [0.2, 0.25) is 0 Å². The third-order valence-electron chi connectivity index (χ3n) is 9.33. The molecule has 16 heteroatoms. The molecule has 4 rings (SSSR count). The zero-order valence-corrected chi connectivity index (χ0v) is 37.9. The predicted molar refractivity (Wildman–Crippen MR) is 238 cm³/mol. The molecule has 0 saturated heterocycles. The Morgan fingerprint density at radius 2 is 1.60 bits per heavy atom. The molecule has 1 aromatic heterocycles. The molecule has 5 N–H and O–H groups in total. The molecule has 2 unspecified atom stereocenters. The number of ether oxygens (including phenoxy) is 2. The largest absolute Gasteiger partial charge is 0.505 e. The van der Waals surface area contributed by atoms with Gasteiger partial charge in [0.15, 0.2) is 21.3 Å². The molecule has 0 fully saturated rings. The van der Waals surface area contributed by atoms with E-state index in [1.165, 1.54) is 24.4 Å². The number of amides is 2. The number of nitrogens with two attached hydrogens (primary N) is 1. The van der Waals surface area contributed by atoms with Gasteiger partial charge in [-0.05, 0) is 107 Å². The van der Waals surface area contributed by atoms with Crippen molar-refractivity contribution in [2.24, 2.45) is 0 Å². The van der Waals surface area contributed by atoms with E-state index in [-0.39, 0.29) is 46.5 Å². The fraction of sp³-hybridized carbons (Fsp3) is 0.429. The number of aromatic hydroxyl groups is 1. The Balaban J connectivity index is 1.37. The average Bonchev–Trinajstić information content (AvgIpc) is 3.16. The van der Waals surface area contributed by atoms with E-state index in [9.17, 15) is 23.1 Å². The maximum Gasteiger partial charge on any atom is 0.407 e. The normalized spacial score (nSPS) is 13.3. The van der Waals surface area contributed by atoms with Crippen LogP contribution in [0.5, 0.6) is 5.75 Å².